The highest BCUT2D eigenvalue weighted by Gasteiger charge is 2.11. The van der Waals surface area contributed by atoms with Crippen molar-refractivity contribution in [3.8, 4) is 0 Å². The number of carbonyl (C=O) groups is 1. The number of nitrogens with one attached hydrogen (secondary N) is 2. The first-order valence-corrected chi connectivity index (χ1v) is 4.99. The van der Waals surface area contributed by atoms with E-state index in [2.05, 4.69) is 15.5 Å². The van der Waals surface area contributed by atoms with E-state index in [0.717, 1.165) is 16.6 Å². The number of fused-ring (bicyclic) bond motifs is 1. The molecule has 78 valence electrons. The van der Waals surface area contributed by atoms with Crippen molar-refractivity contribution in [2.24, 2.45) is 0 Å². The van der Waals surface area contributed by atoms with Crippen LogP contribution in [-0.2, 0) is 4.79 Å². The molecule has 1 amide bonds. The number of aromatic nitrogens is 2. The maximum Gasteiger partial charge on any atom is 0.242 e. The van der Waals surface area contributed by atoms with Gasteiger partial charge in [-0.15, -0.1) is 11.6 Å². The summed E-state index contributed by atoms with van der Waals surface area (Å²) in [6.07, 6.45) is 1.67. The Morgan fingerprint density at radius 3 is 3.13 bits per heavy atom. The van der Waals surface area contributed by atoms with Crippen molar-refractivity contribution in [3.05, 3.63) is 24.4 Å². The van der Waals surface area contributed by atoms with E-state index in [0.29, 0.717) is 0 Å². The molecule has 1 unspecified atom stereocenters. The van der Waals surface area contributed by atoms with Gasteiger partial charge in [0.1, 0.15) is 5.38 Å². The van der Waals surface area contributed by atoms with Gasteiger partial charge < -0.3 is 5.32 Å². The fourth-order valence-corrected chi connectivity index (χ4v) is 1.36. The van der Waals surface area contributed by atoms with E-state index in [9.17, 15) is 4.79 Å². The Bertz CT molecular complexity index is 492. The second-order valence-corrected chi connectivity index (χ2v) is 3.90. The number of alkyl halides is 1. The molecule has 1 atom stereocenters. The standard InChI is InChI=1S/C10H10ClN3O/c1-6(11)10(15)13-8-3-2-4-9-7(8)5-12-14-9/h2-6H,1H3,(H,12,14)(H,13,15). The van der Waals surface area contributed by atoms with E-state index < -0.39 is 5.38 Å². The van der Waals surface area contributed by atoms with Crippen LogP contribution in [0.25, 0.3) is 10.9 Å². The first kappa shape index (κ1) is 9.98. The van der Waals surface area contributed by atoms with Crippen LogP contribution in [0.3, 0.4) is 0 Å². The summed E-state index contributed by atoms with van der Waals surface area (Å²) in [4.78, 5) is 11.4. The van der Waals surface area contributed by atoms with Crippen LogP contribution in [0.2, 0.25) is 0 Å². The molecule has 2 rings (SSSR count). The predicted molar refractivity (Wildman–Crippen MR) is 60.0 cm³/mol. The molecule has 15 heavy (non-hydrogen) atoms. The summed E-state index contributed by atoms with van der Waals surface area (Å²) in [7, 11) is 0. The fourth-order valence-electron chi connectivity index (χ4n) is 1.31. The molecule has 1 aromatic heterocycles. The van der Waals surface area contributed by atoms with Crippen molar-refractivity contribution in [2.75, 3.05) is 5.32 Å². The minimum atomic E-state index is -0.549. The highest BCUT2D eigenvalue weighted by atomic mass is 35.5. The number of amides is 1. The number of anilines is 1. The van der Waals surface area contributed by atoms with Gasteiger partial charge in [-0.05, 0) is 19.1 Å². The average molecular weight is 224 g/mol. The lowest BCUT2D eigenvalue weighted by molar-refractivity contribution is -0.115. The molecule has 1 aromatic carbocycles. The third-order valence-corrected chi connectivity index (χ3v) is 2.30. The Morgan fingerprint density at radius 2 is 2.40 bits per heavy atom. The first-order chi connectivity index (χ1) is 7.18. The zero-order chi connectivity index (χ0) is 10.8. The van der Waals surface area contributed by atoms with Crippen LogP contribution in [0.1, 0.15) is 6.92 Å². The van der Waals surface area contributed by atoms with E-state index in [1.807, 2.05) is 18.2 Å². The summed E-state index contributed by atoms with van der Waals surface area (Å²) >= 11 is 5.67. The summed E-state index contributed by atoms with van der Waals surface area (Å²) in [5.74, 6) is -0.217. The SMILES string of the molecule is CC(Cl)C(=O)Nc1cccc2[nH]ncc12. The summed E-state index contributed by atoms with van der Waals surface area (Å²) < 4.78 is 0. The van der Waals surface area contributed by atoms with Crippen LogP contribution >= 0.6 is 11.6 Å². The van der Waals surface area contributed by atoms with Crippen molar-refractivity contribution in [2.45, 2.75) is 12.3 Å². The van der Waals surface area contributed by atoms with Crippen LogP contribution in [0.5, 0.6) is 0 Å². The molecule has 2 N–H and O–H groups in total. The predicted octanol–water partition coefficient (Wildman–Crippen LogP) is 2.13. The molecule has 0 saturated heterocycles. The molecule has 1 heterocycles. The average Bonchev–Trinajstić information content (AvgIpc) is 2.66. The number of H-pyrrole nitrogens is 1. The first-order valence-electron chi connectivity index (χ1n) is 4.55. The van der Waals surface area contributed by atoms with E-state index in [4.69, 9.17) is 11.6 Å². The molecule has 2 aromatic rings. The molecular weight excluding hydrogens is 214 g/mol. The van der Waals surface area contributed by atoms with Crippen molar-refractivity contribution < 1.29 is 4.79 Å². The highest BCUT2D eigenvalue weighted by Crippen LogP contribution is 2.21. The monoisotopic (exact) mass is 223 g/mol. The zero-order valence-electron chi connectivity index (χ0n) is 8.12. The lowest BCUT2D eigenvalue weighted by Crippen LogP contribution is -2.20. The molecule has 0 fully saturated rings. The fraction of sp³-hybridized carbons (Fsp3) is 0.200. The van der Waals surface area contributed by atoms with Gasteiger partial charge in [0.2, 0.25) is 5.91 Å². The Morgan fingerprint density at radius 1 is 1.60 bits per heavy atom. The Hall–Kier alpha value is -1.55. The Kier molecular flexibility index (Phi) is 2.60. The second kappa shape index (κ2) is 3.90. The van der Waals surface area contributed by atoms with Crippen LogP contribution in [0.4, 0.5) is 5.69 Å². The van der Waals surface area contributed by atoms with Crippen molar-refractivity contribution in [3.63, 3.8) is 0 Å². The molecule has 0 spiro atoms. The zero-order valence-corrected chi connectivity index (χ0v) is 8.88. The van der Waals surface area contributed by atoms with Gasteiger partial charge in [0, 0.05) is 5.39 Å². The van der Waals surface area contributed by atoms with Gasteiger partial charge in [-0.2, -0.15) is 5.10 Å². The van der Waals surface area contributed by atoms with Gasteiger partial charge in [0.05, 0.1) is 17.4 Å². The van der Waals surface area contributed by atoms with Crippen molar-refractivity contribution >= 4 is 34.1 Å². The molecule has 0 bridgehead atoms. The number of nitrogens with zero attached hydrogens (tertiary/aromatic N) is 1. The number of rotatable bonds is 2. The smallest absolute Gasteiger partial charge is 0.242 e. The summed E-state index contributed by atoms with van der Waals surface area (Å²) in [6.45, 7) is 1.63. The molecule has 0 aliphatic rings. The summed E-state index contributed by atoms with van der Waals surface area (Å²) in [6, 6.07) is 5.55. The van der Waals surface area contributed by atoms with E-state index in [1.165, 1.54) is 0 Å². The number of hydrogen-bond donors (Lipinski definition) is 2. The maximum atomic E-state index is 11.4. The van der Waals surface area contributed by atoms with Crippen molar-refractivity contribution in [1.82, 2.24) is 10.2 Å². The summed E-state index contributed by atoms with van der Waals surface area (Å²) in [5.41, 5.74) is 1.61. The van der Waals surface area contributed by atoms with Gasteiger partial charge in [-0.25, -0.2) is 0 Å². The van der Waals surface area contributed by atoms with Crippen LogP contribution in [0, 0.1) is 0 Å². The van der Waals surface area contributed by atoms with Crippen LogP contribution in [0.15, 0.2) is 24.4 Å². The Balaban J connectivity index is 2.35. The minimum Gasteiger partial charge on any atom is -0.324 e. The van der Waals surface area contributed by atoms with Gasteiger partial charge in [-0.3, -0.25) is 9.89 Å². The highest BCUT2D eigenvalue weighted by molar-refractivity contribution is 6.32. The molecule has 0 radical (unpaired) electrons. The van der Waals surface area contributed by atoms with E-state index >= 15 is 0 Å². The number of hydrogen-bond acceptors (Lipinski definition) is 2. The normalized spacial score (nSPS) is 12.7. The van der Waals surface area contributed by atoms with Gasteiger partial charge in [0.25, 0.3) is 0 Å². The topological polar surface area (TPSA) is 57.8 Å². The number of carbonyl (C=O) groups excluding carboxylic acids is 1. The van der Waals surface area contributed by atoms with Gasteiger partial charge >= 0.3 is 0 Å². The number of aromatic amines is 1. The lowest BCUT2D eigenvalue weighted by Gasteiger charge is -2.06. The van der Waals surface area contributed by atoms with Crippen LogP contribution < -0.4 is 5.32 Å². The molecule has 0 aliphatic carbocycles. The largest absolute Gasteiger partial charge is 0.324 e. The molecule has 0 saturated carbocycles. The van der Waals surface area contributed by atoms with E-state index in [-0.39, 0.29) is 5.91 Å². The van der Waals surface area contributed by atoms with Crippen LogP contribution in [-0.4, -0.2) is 21.5 Å². The van der Waals surface area contributed by atoms with E-state index in [1.54, 1.807) is 13.1 Å². The van der Waals surface area contributed by atoms with Gasteiger partial charge in [-0.1, -0.05) is 6.07 Å². The van der Waals surface area contributed by atoms with Gasteiger partial charge in [0.15, 0.2) is 0 Å². The lowest BCUT2D eigenvalue weighted by atomic mass is 10.2. The second-order valence-electron chi connectivity index (χ2n) is 3.24. The van der Waals surface area contributed by atoms with Crippen molar-refractivity contribution in [1.29, 1.82) is 0 Å². The Labute approximate surface area is 91.6 Å². The quantitative estimate of drug-likeness (QED) is 0.767. The number of halogens is 1. The minimum absolute atomic E-state index is 0.217. The third-order valence-electron chi connectivity index (χ3n) is 2.10. The maximum absolute atomic E-state index is 11.4. The molecular formula is C10H10ClN3O. The number of benzene rings is 1. The molecule has 0 aliphatic heterocycles. The summed E-state index contributed by atoms with van der Waals surface area (Å²) in [5, 5.41) is 9.80. The molecule has 4 nitrogen and oxygen atoms in total. The third kappa shape index (κ3) is 1.94. The molecule has 5 heteroatoms.